The third-order valence-corrected chi connectivity index (χ3v) is 7.17. The molecule has 2 atom stereocenters. The first-order valence-corrected chi connectivity index (χ1v) is 11.3. The number of rotatable bonds is 4. The largest absolute Gasteiger partial charge is 0.339 e. The number of nitriles is 1. The highest BCUT2D eigenvalue weighted by Gasteiger charge is 2.48. The minimum atomic E-state index is -1.01. The Kier molecular flexibility index (Phi) is 5.54. The minimum absolute atomic E-state index is 0.0886. The van der Waals surface area contributed by atoms with Crippen molar-refractivity contribution in [2.75, 3.05) is 0 Å². The summed E-state index contributed by atoms with van der Waals surface area (Å²) in [7, 11) is 0. The van der Waals surface area contributed by atoms with E-state index in [1.807, 2.05) is 29.0 Å². The molecule has 2 aromatic heterocycles. The first-order valence-electron chi connectivity index (χ1n) is 8.70. The fraction of sp³-hybridized carbons (Fsp3) is 0.143. The molecule has 1 saturated heterocycles. The van der Waals surface area contributed by atoms with Crippen LogP contribution in [-0.4, -0.2) is 21.9 Å². The minimum Gasteiger partial charge on any atom is -0.339 e. The van der Waals surface area contributed by atoms with Crippen LogP contribution in [0.5, 0.6) is 0 Å². The summed E-state index contributed by atoms with van der Waals surface area (Å²) in [5, 5.41) is 15.3. The molecule has 0 aliphatic carbocycles. The molecule has 8 heteroatoms. The number of nitrogens with zero attached hydrogens (tertiary/aromatic N) is 2. The smallest absolute Gasteiger partial charge is 0.242 e. The van der Waals surface area contributed by atoms with Gasteiger partial charge >= 0.3 is 0 Å². The number of ketones is 1. The van der Waals surface area contributed by atoms with Crippen LogP contribution in [0.25, 0.3) is 0 Å². The number of thiophene rings is 1. The number of piperidine rings is 1. The molecule has 2 unspecified atom stereocenters. The van der Waals surface area contributed by atoms with Crippen molar-refractivity contribution in [3.63, 3.8) is 0 Å². The number of halogens is 1. The van der Waals surface area contributed by atoms with Crippen LogP contribution in [0.4, 0.5) is 0 Å². The molecule has 5 nitrogen and oxygen atoms in total. The summed E-state index contributed by atoms with van der Waals surface area (Å²) in [5.74, 6) is -0.577. The van der Waals surface area contributed by atoms with E-state index >= 15 is 0 Å². The predicted molar refractivity (Wildman–Crippen MR) is 116 cm³/mol. The van der Waals surface area contributed by atoms with E-state index in [-0.39, 0.29) is 18.1 Å². The number of thioether (sulfide) groups is 1. The fourth-order valence-electron chi connectivity index (χ4n) is 3.36. The topological polar surface area (TPSA) is 82.8 Å². The predicted octanol–water partition coefficient (Wildman–Crippen LogP) is 4.27. The zero-order valence-electron chi connectivity index (χ0n) is 15.0. The highest BCUT2D eigenvalue weighted by atomic mass is 79.9. The molecule has 1 aliphatic heterocycles. The Balaban J connectivity index is 1.71. The van der Waals surface area contributed by atoms with Gasteiger partial charge in [-0.15, -0.1) is 11.8 Å². The number of carbonyl (C=O) groups is 2. The first kappa shape index (κ1) is 19.8. The Morgan fingerprint density at radius 3 is 2.72 bits per heavy atom. The highest BCUT2D eigenvalue weighted by molar-refractivity contribution is 9.10. The molecule has 1 N–H and O–H groups in total. The van der Waals surface area contributed by atoms with Gasteiger partial charge in [-0.1, -0.05) is 18.2 Å². The van der Waals surface area contributed by atoms with Crippen LogP contribution in [-0.2, 0) is 15.1 Å². The third-order valence-electron chi connectivity index (χ3n) is 4.73. The van der Waals surface area contributed by atoms with Crippen molar-refractivity contribution in [1.82, 2.24) is 10.3 Å². The zero-order chi connectivity index (χ0) is 20.4. The van der Waals surface area contributed by atoms with Gasteiger partial charge in [0.1, 0.15) is 21.5 Å². The molecule has 1 fully saturated rings. The van der Waals surface area contributed by atoms with Crippen LogP contribution in [0, 0.1) is 11.3 Å². The molecule has 4 rings (SSSR count). The fourth-order valence-corrected chi connectivity index (χ4v) is 5.46. The number of hydrogen-bond acceptors (Lipinski definition) is 6. The molecule has 0 bridgehead atoms. The van der Waals surface area contributed by atoms with E-state index in [0.29, 0.717) is 20.8 Å². The second kappa shape index (κ2) is 8.11. The lowest BCUT2D eigenvalue weighted by molar-refractivity contribution is -0.133. The lowest BCUT2D eigenvalue weighted by Crippen LogP contribution is -2.58. The maximum absolute atomic E-state index is 13.2. The summed E-state index contributed by atoms with van der Waals surface area (Å²) in [5.41, 5.74) is 0.869. The maximum Gasteiger partial charge on any atom is 0.242 e. The van der Waals surface area contributed by atoms with Gasteiger partial charge in [-0.05, 0) is 62.6 Å². The van der Waals surface area contributed by atoms with Crippen molar-refractivity contribution in [3.8, 4) is 6.07 Å². The molecule has 1 aliphatic rings. The highest BCUT2D eigenvalue weighted by Crippen LogP contribution is 2.40. The summed E-state index contributed by atoms with van der Waals surface area (Å²) in [6.45, 7) is 0. The van der Waals surface area contributed by atoms with E-state index in [1.54, 1.807) is 30.3 Å². The standard InChI is InChI=1S/C21H14BrN3O2S2/c22-18-7-3-6-17(24-18)21(14-8-9-28-12-14)10-15(26)19(20(27)25-21)29-16-5-2-1-4-13(16)11-23/h1-9,12,19H,10H2,(H,25,27). The molecule has 3 aromatic rings. The van der Waals surface area contributed by atoms with E-state index in [1.165, 1.54) is 11.3 Å². The second-order valence-corrected chi connectivity index (χ2v) is 9.24. The summed E-state index contributed by atoms with van der Waals surface area (Å²) in [6.07, 6.45) is 0.0886. The van der Waals surface area contributed by atoms with Gasteiger partial charge in [0.25, 0.3) is 0 Å². The van der Waals surface area contributed by atoms with E-state index < -0.39 is 10.8 Å². The summed E-state index contributed by atoms with van der Waals surface area (Å²) in [6, 6.07) is 16.4. The maximum atomic E-state index is 13.2. The molecule has 0 radical (unpaired) electrons. The molecular weight excluding hydrogens is 470 g/mol. The second-order valence-electron chi connectivity index (χ2n) is 6.50. The van der Waals surface area contributed by atoms with Crippen LogP contribution in [0.15, 0.2) is 68.8 Å². The van der Waals surface area contributed by atoms with Gasteiger partial charge in [-0.2, -0.15) is 16.6 Å². The number of nitrogens with one attached hydrogen (secondary N) is 1. The Morgan fingerprint density at radius 1 is 1.21 bits per heavy atom. The number of aromatic nitrogens is 1. The molecule has 29 heavy (non-hydrogen) atoms. The van der Waals surface area contributed by atoms with Crippen molar-refractivity contribution in [3.05, 3.63) is 80.7 Å². The lowest BCUT2D eigenvalue weighted by Gasteiger charge is -2.39. The Bertz CT molecular complexity index is 1110. The van der Waals surface area contributed by atoms with Crippen molar-refractivity contribution < 1.29 is 9.59 Å². The van der Waals surface area contributed by atoms with Gasteiger partial charge in [-0.3, -0.25) is 9.59 Å². The number of hydrogen-bond donors (Lipinski definition) is 1. The quantitative estimate of drug-likeness (QED) is 0.442. The lowest BCUT2D eigenvalue weighted by atomic mass is 9.79. The van der Waals surface area contributed by atoms with Crippen LogP contribution in [0.1, 0.15) is 23.2 Å². The number of benzene rings is 1. The summed E-state index contributed by atoms with van der Waals surface area (Å²) < 4.78 is 0.630. The van der Waals surface area contributed by atoms with Crippen LogP contribution >= 0.6 is 39.0 Å². The van der Waals surface area contributed by atoms with Crippen molar-refractivity contribution in [2.45, 2.75) is 22.1 Å². The van der Waals surface area contributed by atoms with Gasteiger partial charge < -0.3 is 5.32 Å². The monoisotopic (exact) mass is 483 g/mol. The molecule has 3 heterocycles. The zero-order valence-corrected chi connectivity index (χ0v) is 18.2. The van der Waals surface area contributed by atoms with Gasteiger partial charge in [0.2, 0.25) is 5.91 Å². The van der Waals surface area contributed by atoms with Crippen molar-refractivity contribution >= 4 is 50.7 Å². The van der Waals surface area contributed by atoms with E-state index in [0.717, 1.165) is 17.3 Å². The van der Waals surface area contributed by atoms with Gasteiger partial charge in [0.15, 0.2) is 5.78 Å². The molecular formula is C21H14BrN3O2S2. The molecule has 0 saturated carbocycles. The van der Waals surface area contributed by atoms with Crippen LogP contribution in [0.3, 0.4) is 0 Å². The Labute approximate surface area is 184 Å². The van der Waals surface area contributed by atoms with Crippen LogP contribution in [0.2, 0.25) is 0 Å². The van der Waals surface area contributed by atoms with Gasteiger partial charge in [0.05, 0.1) is 11.3 Å². The Morgan fingerprint density at radius 2 is 2.03 bits per heavy atom. The molecule has 144 valence electrons. The van der Waals surface area contributed by atoms with Crippen molar-refractivity contribution in [2.24, 2.45) is 0 Å². The summed E-state index contributed by atoms with van der Waals surface area (Å²) >= 11 is 5.99. The average molecular weight is 484 g/mol. The van der Waals surface area contributed by atoms with Crippen molar-refractivity contribution in [1.29, 1.82) is 5.26 Å². The number of amides is 1. The van der Waals surface area contributed by atoms with Gasteiger partial charge in [0, 0.05) is 11.3 Å². The SMILES string of the molecule is N#Cc1ccccc1SC1C(=O)CC(c2ccsc2)(c2cccc(Br)n2)NC1=O. The van der Waals surface area contributed by atoms with E-state index in [2.05, 4.69) is 32.3 Å². The average Bonchev–Trinajstić information content (AvgIpc) is 3.26. The van der Waals surface area contributed by atoms with E-state index in [9.17, 15) is 14.9 Å². The molecule has 1 aromatic carbocycles. The van der Waals surface area contributed by atoms with Crippen LogP contribution < -0.4 is 5.32 Å². The molecule has 1 amide bonds. The first-order chi connectivity index (χ1) is 14.0. The normalized spacial score (nSPS) is 21.4. The molecule has 0 spiro atoms. The number of Topliss-reactive ketones (excluding diaryl/α,β-unsaturated/α-hetero) is 1. The summed E-state index contributed by atoms with van der Waals surface area (Å²) in [4.78, 5) is 31.4. The van der Waals surface area contributed by atoms with Gasteiger partial charge in [-0.25, -0.2) is 4.98 Å². The third kappa shape index (κ3) is 3.73. The number of carbonyl (C=O) groups excluding carboxylic acids is 2. The van der Waals surface area contributed by atoms with E-state index in [4.69, 9.17) is 0 Å². The number of pyridine rings is 1. The Hall–Kier alpha value is -2.47.